The SMILES string of the molecule is CO[C@@H]1CC[C@H](NC(=O)NCCCc2cccc(F)c2)C1. The standard InChI is InChI=1S/C16H23FN2O2/c1-21-15-8-7-14(11-15)19-16(20)18-9-3-5-12-4-2-6-13(17)10-12/h2,4,6,10,14-15H,3,5,7-9,11H2,1H3,(H2,18,19,20)/t14-,15+/m0/s1. The predicted molar refractivity (Wildman–Crippen MR) is 79.7 cm³/mol. The van der Waals surface area contributed by atoms with Gasteiger partial charge in [0, 0.05) is 19.7 Å². The number of halogens is 1. The lowest BCUT2D eigenvalue weighted by Gasteiger charge is -2.13. The molecule has 1 saturated carbocycles. The van der Waals surface area contributed by atoms with Crippen LogP contribution in [0.1, 0.15) is 31.2 Å². The minimum atomic E-state index is -0.216. The van der Waals surface area contributed by atoms with Crippen LogP contribution in [0.15, 0.2) is 24.3 Å². The second-order valence-electron chi connectivity index (χ2n) is 5.50. The van der Waals surface area contributed by atoms with Crippen LogP contribution in [0.3, 0.4) is 0 Å². The third kappa shape index (κ3) is 5.34. The summed E-state index contributed by atoms with van der Waals surface area (Å²) in [7, 11) is 1.71. The molecule has 4 nitrogen and oxygen atoms in total. The minimum absolute atomic E-state index is 0.129. The highest BCUT2D eigenvalue weighted by molar-refractivity contribution is 5.74. The van der Waals surface area contributed by atoms with Gasteiger partial charge in [-0.3, -0.25) is 0 Å². The Morgan fingerprint density at radius 3 is 3.00 bits per heavy atom. The van der Waals surface area contributed by atoms with Crippen molar-refractivity contribution in [3.8, 4) is 0 Å². The molecule has 5 heteroatoms. The Kier molecular flexibility index (Phi) is 5.99. The summed E-state index contributed by atoms with van der Waals surface area (Å²) in [5, 5.41) is 5.80. The summed E-state index contributed by atoms with van der Waals surface area (Å²) >= 11 is 0. The molecule has 0 heterocycles. The maximum Gasteiger partial charge on any atom is 0.315 e. The molecule has 2 N–H and O–H groups in total. The topological polar surface area (TPSA) is 50.4 Å². The first-order valence-electron chi connectivity index (χ1n) is 7.49. The smallest absolute Gasteiger partial charge is 0.315 e. The lowest BCUT2D eigenvalue weighted by Crippen LogP contribution is -2.41. The maximum absolute atomic E-state index is 13.0. The van der Waals surface area contributed by atoms with E-state index in [4.69, 9.17) is 4.74 Å². The van der Waals surface area contributed by atoms with Gasteiger partial charge >= 0.3 is 6.03 Å². The second kappa shape index (κ2) is 7.98. The summed E-state index contributed by atoms with van der Waals surface area (Å²) in [5.41, 5.74) is 0.955. The van der Waals surface area contributed by atoms with Crippen molar-refractivity contribution in [2.75, 3.05) is 13.7 Å². The van der Waals surface area contributed by atoms with E-state index < -0.39 is 0 Å². The summed E-state index contributed by atoms with van der Waals surface area (Å²) in [4.78, 5) is 11.7. The minimum Gasteiger partial charge on any atom is -0.381 e. The molecule has 0 bridgehead atoms. The summed E-state index contributed by atoms with van der Waals surface area (Å²) in [5.74, 6) is -0.216. The molecule has 1 fully saturated rings. The van der Waals surface area contributed by atoms with Crippen molar-refractivity contribution >= 4 is 6.03 Å². The van der Waals surface area contributed by atoms with Gasteiger partial charge in [0.2, 0.25) is 0 Å². The number of hydrogen-bond acceptors (Lipinski definition) is 2. The van der Waals surface area contributed by atoms with Crippen molar-refractivity contribution < 1.29 is 13.9 Å². The van der Waals surface area contributed by atoms with Crippen LogP contribution >= 0.6 is 0 Å². The van der Waals surface area contributed by atoms with E-state index in [1.807, 2.05) is 6.07 Å². The number of hydrogen-bond donors (Lipinski definition) is 2. The molecule has 1 aromatic carbocycles. The van der Waals surface area contributed by atoms with Crippen LogP contribution in [-0.2, 0) is 11.2 Å². The molecule has 0 aromatic heterocycles. The van der Waals surface area contributed by atoms with Crippen LogP contribution in [-0.4, -0.2) is 31.8 Å². The van der Waals surface area contributed by atoms with Crippen molar-refractivity contribution in [1.82, 2.24) is 10.6 Å². The predicted octanol–water partition coefficient (Wildman–Crippen LogP) is 2.63. The molecule has 0 spiro atoms. The van der Waals surface area contributed by atoms with Gasteiger partial charge in [0.1, 0.15) is 5.82 Å². The Morgan fingerprint density at radius 1 is 1.43 bits per heavy atom. The van der Waals surface area contributed by atoms with E-state index in [1.165, 1.54) is 12.1 Å². The average molecular weight is 294 g/mol. The van der Waals surface area contributed by atoms with Crippen molar-refractivity contribution in [1.29, 1.82) is 0 Å². The Hall–Kier alpha value is -1.62. The monoisotopic (exact) mass is 294 g/mol. The van der Waals surface area contributed by atoms with Gasteiger partial charge in [0.25, 0.3) is 0 Å². The number of ether oxygens (including phenoxy) is 1. The van der Waals surface area contributed by atoms with Crippen LogP contribution in [0.25, 0.3) is 0 Å². The van der Waals surface area contributed by atoms with E-state index in [1.54, 1.807) is 13.2 Å². The molecule has 2 atom stereocenters. The highest BCUT2D eigenvalue weighted by Gasteiger charge is 2.25. The summed E-state index contributed by atoms with van der Waals surface area (Å²) < 4.78 is 18.3. The zero-order valence-electron chi connectivity index (χ0n) is 12.4. The van der Waals surface area contributed by atoms with Crippen LogP contribution in [0.5, 0.6) is 0 Å². The zero-order chi connectivity index (χ0) is 15.1. The van der Waals surface area contributed by atoms with Crippen molar-refractivity contribution in [2.24, 2.45) is 0 Å². The molecule has 1 aliphatic carbocycles. The number of amides is 2. The van der Waals surface area contributed by atoms with Crippen molar-refractivity contribution in [3.05, 3.63) is 35.6 Å². The first kappa shape index (κ1) is 15.8. The molecule has 1 aromatic rings. The molecule has 0 saturated heterocycles. The molecule has 2 amide bonds. The first-order chi connectivity index (χ1) is 10.2. The Labute approximate surface area is 125 Å². The van der Waals surface area contributed by atoms with Gasteiger partial charge in [0.05, 0.1) is 6.10 Å². The molecule has 21 heavy (non-hydrogen) atoms. The van der Waals surface area contributed by atoms with Crippen molar-refractivity contribution in [3.63, 3.8) is 0 Å². The number of methoxy groups -OCH3 is 1. The Balaban J connectivity index is 1.59. The molecular weight excluding hydrogens is 271 g/mol. The number of carbonyl (C=O) groups excluding carboxylic acids is 1. The normalized spacial score (nSPS) is 21.2. The Morgan fingerprint density at radius 2 is 2.29 bits per heavy atom. The quantitative estimate of drug-likeness (QED) is 0.792. The number of nitrogens with one attached hydrogen (secondary N) is 2. The largest absolute Gasteiger partial charge is 0.381 e. The molecule has 0 radical (unpaired) electrons. The summed E-state index contributed by atoms with van der Waals surface area (Å²) in [6, 6.07) is 6.64. The first-order valence-corrected chi connectivity index (χ1v) is 7.49. The maximum atomic E-state index is 13.0. The van der Waals surface area contributed by atoms with Gasteiger partial charge in [-0.25, -0.2) is 9.18 Å². The van der Waals surface area contributed by atoms with Gasteiger partial charge in [-0.2, -0.15) is 0 Å². The highest BCUT2D eigenvalue weighted by atomic mass is 19.1. The molecule has 0 aliphatic heterocycles. The number of aryl methyl sites for hydroxylation is 1. The fourth-order valence-corrected chi connectivity index (χ4v) is 2.71. The highest BCUT2D eigenvalue weighted by Crippen LogP contribution is 2.21. The van der Waals surface area contributed by atoms with E-state index in [-0.39, 0.29) is 24.0 Å². The lowest BCUT2D eigenvalue weighted by atomic mass is 10.1. The molecule has 1 aliphatic rings. The van der Waals surface area contributed by atoms with E-state index in [9.17, 15) is 9.18 Å². The third-order valence-electron chi connectivity index (χ3n) is 3.87. The summed E-state index contributed by atoms with van der Waals surface area (Å²) in [6.07, 6.45) is 4.67. The van der Waals surface area contributed by atoms with Gasteiger partial charge < -0.3 is 15.4 Å². The van der Waals surface area contributed by atoms with Crippen LogP contribution in [0, 0.1) is 5.82 Å². The fourth-order valence-electron chi connectivity index (χ4n) is 2.71. The van der Waals surface area contributed by atoms with E-state index >= 15 is 0 Å². The van der Waals surface area contributed by atoms with E-state index in [0.717, 1.165) is 37.7 Å². The zero-order valence-corrected chi connectivity index (χ0v) is 12.4. The van der Waals surface area contributed by atoms with Crippen LogP contribution < -0.4 is 10.6 Å². The fraction of sp³-hybridized carbons (Fsp3) is 0.562. The summed E-state index contributed by atoms with van der Waals surface area (Å²) in [6.45, 7) is 0.586. The second-order valence-corrected chi connectivity index (χ2v) is 5.50. The molecule has 116 valence electrons. The Bertz CT molecular complexity index is 467. The number of rotatable bonds is 6. The van der Waals surface area contributed by atoms with Gasteiger partial charge in [-0.15, -0.1) is 0 Å². The average Bonchev–Trinajstić information content (AvgIpc) is 2.91. The van der Waals surface area contributed by atoms with E-state index in [0.29, 0.717) is 6.54 Å². The van der Waals surface area contributed by atoms with Gasteiger partial charge in [-0.05, 0) is 49.8 Å². The molecule has 0 unspecified atom stereocenters. The van der Waals surface area contributed by atoms with Crippen LogP contribution in [0.2, 0.25) is 0 Å². The van der Waals surface area contributed by atoms with Crippen LogP contribution in [0.4, 0.5) is 9.18 Å². The lowest BCUT2D eigenvalue weighted by molar-refractivity contribution is 0.107. The third-order valence-corrected chi connectivity index (χ3v) is 3.87. The van der Waals surface area contributed by atoms with Crippen molar-refractivity contribution in [2.45, 2.75) is 44.2 Å². The molecular formula is C16H23FN2O2. The number of urea groups is 1. The van der Waals surface area contributed by atoms with E-state index in [2.05, 4.69) is 10.6 Å². The molecule has 2 rings (SSSR count). The number of benzene rings is 1. The number of carbonyl (C=O) groups is 1. The van der Waals surface area contributed by atoms with Gasteiger partial charge in [-0.1, -0.05) is 12.1 Å². The van der Waals surface area contributed by atoms with Gasteiger partial charge in [0.15, 0.2) is 0 Å².